The van der Waals surface area contributed by atoms with Gasteiger partial charge in [0.15, 0.2) is 5.82 Å². The second-order valence-electron chi connectivity index (χ2n) is 5.45. The molecule has 4 rings (SSSR count). The van der Waals surface area contributed by atoms with Crippen molar-refractivity contribution in [3.05, 3.63) is 71.4 Å². The number of nitrogens with one attached hydrogen (secondary N) is 2. The van der Waals surface area contributed by atoms with E-state index < -0.39 is 0 Å². The highest BCUT2D eigenvalue weighted by molar-refractivity contribution is 6.30. The van der Waals surface area contributed by atoms with Crippen LogP contribution in [0.5, 0.6) is 0 Å². The first-order chi connectivity index (χ1) is 12.2. The summed E-state index contributed by atoms with van der Waals surface area (Å²) in [5, 5.41) is 10.6. The lowest BCUT2D eigenvalue weighted by Crippen LogP contribution is -1.99. The first-order valence-electron chi connectivity index (χ1n) is 7.58. The molecule has 2 aromatic heterocycles. The number of halogens is 1. The van der Waals surface area contributed by atoms with Gasteiger partial charge >= 0.3 is 0 Å². The zero-order valence-electron chi connectivity index (χ0n) is 13.0. The van der Waals surface area contributed by atoms with Crippen molar-refractivity contribution in [1.82, 2.24) is 9.38 Å². The highest BCUT2D eigenvalue weighted by Crippen LogP contribution is 2.26. The Morgan fingerprint density at radius 2 is 1.92 bits per heavy atom. The number of benzene rings is 2. The SMILES string of the molecule is N=NN=Cc1ccc2c(c1)nc(Nc1ccc(Cl)cc1)c1cccn12. The van der Waals surface area contributed by atoms with E-state index in [1.54, 1.807) is 0 Å². The van der Waals surface area contributed by atoms with E-state index in [1.807, 2.05) is 60.8 Å². The highest BCUT2D eigenvalue weighted by Gasteiger charge is 2.09. The van der Waals surface area contributed by atoms with Crippen molar-refractivity contribution in [2.24, 2.45) is 10.3 Å². The molecule has 0 amide bonds. The molecule has 7 heteroatoms. The molecular weight excluding hydrogens is 336 g/mol. The molecule has 0 saturated carbocycles. The molecule has 6 nitrogen and oxygen atoms in total. The Morgan fingerprint density at radius 3 is 2.72 bits per heavy atom. The van der Waals surface area contributed by atoms with E-state index >= 15 is 0 Å². The maximum Gasteiger partial charge on any atom is 0.155 e. The standard InChI is InChI=1S/C18H13ClN6/c19-13-4-6-14(7-5-13)22-18-17-2-1-9-25(17)16-8-3-12(11-21-24-20)10-15(16)23-18/h1-11,20H,(H,22,23). The summed E-state index contributed by atoms with van der Waals surface area (Å²) in [5.41, 5.74) is 11.3. The maximum atomic E-state index is 6.76. The van der Waals surface area contributed by atoms with Gasteiger partial charge in [-0.05, 0) is 54.1 Å². The monoisotopic (exact) mass is 348 g/mol. The average molecular weight is 349 g/mol. The smallest absolute Gasteiger partial charge is 0.155 e. The second kappa shape index (κ2) is 6.33. The van der Waals surface area contributed by atoms with Crippen molar-refractivity contribution < 1.29 is 0 Å². The van der Waals surface area contributed by atoms with E-state index in [4.69, 9.17) is 22.1 Å². The first-order valence-corrected chi connectivity index (χ1v) is 7.95. The molecular formula is C18H13ClN6. The van der Waals surface area contributed by atoms with E-state index in [2.05, 4.69) is 20.0 Å². The van der Waals surface area contributed by atoms with Crippen molar-refractivity contribution in [3.63, 3.8) is 0 Å². The molecule has 2 heterocycles. The predicted molar refractivity (Wildman–Crippen MR) is 100 cm³/mol. The lowest BCUT2D eigenvalue weighted by Gasteiger charge is -2.11. The maximum absolute atomic E-state index is 6.76. The lowest BCUT2D eigenvalue weighted by molar-refractivity contribution is 0.996. The molecule has 0 saturated heterocycles. The van der Waals surface area contributed by atoms with Gasteiger partial charge in [-0.25, -0.2) is 4.98 Å². The van der Waals surface area contributed by atoms with Gasteiger partial charge in [0.1, 0.15) is 0 Å². The van der Waals surface area contributed by atoms with E-state index in [1.165, 1.54) is 6.21 Å². The molecule has 0 bridgehead atoms. The van der Waals surface area contributed by atoms with E-state index in [9.17, 15) is 0 Å². The third-order valence-electron chi connectivity index (χ3n) is 3.85. The normalized spacial score (nSPS) is 11.4. The molecule has 25 heavy (non-hydrogen) atoms. The Bertz CT molecular complexity index is 1100. The molecule has 0 radical (unpaired) electrons. The number of aromatic nitrogens is 2. The van der Waals surface area contributed by atoms with Crippen molar-refractivity contribution in [1.29, 1.82) is 5.53 Å². The Morgan fingerprint density at radius 1 is 1.08 bits per heavy atom. The molecule has 0 unspecified atom stereocenters. The van der Waals surface area contributed by atoms with Gasteiger partial charge in [-0.1, -0.05) is 22.9 Å². The molecule has 122 valence electrons. The van der Waals surface area contributed by atoms with Crippen LogP contribution in [0.25, 0.3) is 16.6 Å². The Hall–Kier alpha value is -3.25. The second-order valence-corrected chi connectivity index (χ2v) is 5.88. The van der Waals surface area contributed by atoms with Gasteiger partial charge in [0.05, 0.1) is 22.8 Å². The van der Waals surface area contributed by atoms with Gasteiger partial charge in [-0.2, -0.15) is 5.53 Å². The van der Waals surface area contributed by atoms with Crippen LogP contribution in [-0.4, -0.2) is 15.6 Å². The average Bonchev–Trinajstić information content (AvgIpc) is 3.12. The van der Waals surface area contributed by atoms with Crippen LogP contribution in [0.3, 0.4) is 0 Å². The van der Waals surface area contributed by atoms with Crippen LogP contribution in [0.15, 0.2) is 71.1 Å². The number of anilines is 2. The van der Waals surface area contributed by atoms with E-state index in [0.717, 1.165) is 33.6 Å². The van der Waals surface area contributed by atoms with Gasteiger partial charge in [0.2, 0.25) is 0 Å². The van der Waals surface area contributed by atoms with E-state index in [0.29, 0.717) is 5.02 Å². The first kappa shape index (κ1) is 15.3. The van der Waals surface area contributed by atoms with Crippen molar-refractivity contribution in [3.8, 4) is 0 Å². The van der Waals surface area contributed by atoms with E-state index in [-0.39, 0.29) is 0 Å². The fourth-order valence-electron chi connectivity index (χ4n) is 2.73. The molecule has 2 N–H and O–H groups in total. The summed E-state index contributed by atoms with van der Waals surface area (Å²) in [6.45, 7) is 0. The molecule has 4 aromatic rings. The summed E-state index contributed by atoms with van der Waals surface area (Å²) in [6.07, 6.45) is 3.53. The van der Waals surface area contributed by atoms with Crippen LogP contribution in [0.2, 0.25) is 5.02 Å². The van der Waals surface area contributed by atoms with Crippen molar-refractivity contribution >= 4 is 45.9 Å². The van der Waals surface area contributed by atoms with Gasteiger partial charge in [-0.15, -0.1) is 5.10 Å². The third-order valence-corrected chi connectivity index (χ3v) is 4.11. The molecule has 0 spiro atoms. The topological polar surface area (TPSA) is 77.9 Å². The van der Waals surface area contributed by atoms with Gasteiger partial charge in [-0.3, -0.25) is 0 Å². The Labute approximate surface area is 148 Å². The minimum absolute atomic E-state index is 0.689. The molecule has 0 fully saturated rings. The summed E-state index contributed by atoms with van der Waals surface area (Å²) < 4.78 is 2.08. The number of hydrogen-bond donors (Lipinski definition) is 2. The molecule has 0 atom stereocenters. The van der Waals surface area contributed by atoms with Crippen molar-refractivity contribution in [2.75, 3.05) is 5.32 Å². The zero-order chi connectivity index (χ0) is 17.2. The molecule has 2 aromatic carbocycles. The number of fused-ring (bicyclic) bond motifs is 3. The number of rotatable bonds is 4. The third kappa shape index (κ3) is 2.95. The highest BCUT2D eigenvalue weighted by atomic mass is 35.5. The quantitative estimate of drug-likeness (QED) is 0.300. The number of nitrogens with zero attached hydrogens (tertiary/aromatic N) is 4. The predicted octanol–water partition coefficient (Wildman–Crippen LogP) is 5.25. The summed E-state index contributed by atoms with van der Waals surface area (Å²) in [7, 11) is 0. The Kier molecular flexibility index (Phi) is 3.87. The fraction of sp³-hybridized carbons (Fsp3) is 0. The van der Waals surface area contributed by atoms with Gasteiger partial charge < -0.3 is 9.72 Å². The summed E-state index contributed by atoms with van der Waals surface area (Å²) >= 11 is 5.95. The molecule has 0 aliphatic rings. The van der Waals surface area contributed by atoms with Crippen LogP contribution in [-0.2, 0) is 0 Å². The van der Waals surface area contributed by atoms with Crippen LogP contribution in [0.1, 0.15) is 5.56 Å². The molecule has 0 aliphatic heterocycles. The van der Waals surface area contributed by atoms with Gasteiger partial charge in [0, 0.05) is 16.9 Å². The number of hydrogen-bond acceptors (Lipinski definition) is 4. The molecule has 0 aliphatic carbocycles. The summed E-state index contributed by atoms with van der Waals surface area (Å²) in [6, 6.07) is 17.3. The zero-order valence-corrected chi connectivity index (χ0v) is 13.8. The lowest BCUT2D eigenvalue weighted by atomic mass is 10.2. The van der Waals surface area contributed by atoms with Gasteiger partial charge in [0.25, 0.3) is 0 Å². The van der Waals surface area contributed by atoms with Crippen LogP contribution in [0, 0.1) is 5.53 Å². The Balaban J connectivity index is 1.86. The fourth-order valence-corrected chi connectivity index (χ4v) is 2.86. The summed E-state index contributed by atoms with van der Waals surface area (Å²) in [5.74, 6) is 0.749. The van der Waals surface area contributed by atoms with Crippen molar-refractivity contribution in [2.45, 2.75) is 0 Å². The largest absolute Gasteiger partial charge is 0.338 e. The summed E-state index contributed by atoms with van der Waals surface area (Å²) in [4.78, 5) is 4.76. The van der Waals surface area contributed by atoms with Crippen LogP contribution in [0.4, 0.5) is 11.5 Å². The van der Waals surface area contributed by atoms with Crippen LogP contribution >= 0.6 is 11.6 Å². The minimum atomic E-state index is 0.689. The minimum Gasteiger partial charge on any atom is -0.338 e. The van der Waals surface area contributed by atoms with Crippen LogP contribution < -0.4 is 5.32 Å².